The van der Waals surface area contributed by atoms with Gasteiger partial charge in [-0.2, -0.15) is 0 Å². The van der Waals surface area contributed by atoms with E-state index in [1.54, 1.807) is 0 Å². The lowest BCUT2D eigenvalue weighted by Gasteiger charge is -2.27. The minimum absolute atomic E-state index is 0.852. The lowest BCUT2D eigenvalue weighted by molar-refractivity contribution is 0.669. The zero-order chi connectivity index (χ0) is 37.5. The highest BCUT2D eigenvalue weighted by Crippen LogP contribution is 2.48. The molecule has 0 fully saturated rings. The molecule has 0 bridgehead atoms. The first-order chi connectivity index (χ1) is 28.3. The molecule has 0 unspecified atom stereocenters. The van der Waals surface area contributed by atoms with Crippen LogP contribution in [0.1, 0.15) is 0 Å². The van der Waals surface area contributed by atoms with Gasteiger partial charge in [-0.05, 0) is 104 Å². The van der Waals surface area contributed by atoms with E-state index in [4.69, 9.17) is 8.83 Å². The number of furan rings is 2. The minimum atomic E-state index is 0.852. The van der Waals surface area contributed by atoms with Crippen LogP contribution in [-0.4, -0.2) is 0 Å². The first-order valence-corrected chi connectivity index (χ1v) is 19.4. The predicted octanol–water partition coefficient (Wildman–Crippen LogP) is 15.7. The second-order valence-electron chi connectivity index (χ2n) is 14.8. The van der Waals surface area contributed by atoms with Gasteiger partial charge in [-0.25, -0.2) is 0 Å². The lowest BCUT2D eigenvalue weighted by Crippen LogP contribution is -2.10. The van der Waals surface area contributed by atoms with Gasteiger partial charge in [-0.3, -0.25) is 0 Å². The summed E-state index contributed by atoms with van der Waals surface area (Å²) in [4.78, 5) is 2.37. The number of fused-ring (bicyclic) bond motifs is 11. The van der Waals surface area contributed by atoms with Crippen LogP contribution in [0.3, 0.4) is 0 Å². The summed E-state index contributed by atoms with van der Waals surface area (Å²) in [5.41, 5.74) is 11.5. The maximum Gasteiger partial charge on any atom is 0.143 e. The number of benzene rings is 10. The Balaban J connectivity index is 1.11. The van der Waals surface area contributed by atoms with E-state index in [0.717, 1.165) is 77.3 Å². The molecule has 10 aromatic carbocycles. The molecule has 0 aliphatic heterocycles. The second-order valence-corrected chi connectivity index (χ2v) is 14.8. The van der Waals surface area contributed by atoms with Gasteiger partial charge in [-0.1, -0.05) is 146 Å². The maximum atomic E-state index is 6.71. The van der Waals surface area contributed by atoms with Crippen LogP contribution in [0.25, 0.3) is 98.4 Å². The molecule has 266 valence electrons. The molecule has 0 aliphatic carbocycles. The first kappa shape index (κ1) is 31.7. The van der Waals surface area contributed by atoms with Gasteiger partial charge in [0.05, 0.1) is 11.1 Å². The summed E-state index contributed by atoms with van der Waals surface area (Å²) in [6, 6.07) is 71.6. The van der Waals surface area contributed by atoms with Gasteiger partial charge in [-0.15, -0.1) is 0 Å². The fraction of sp³-hybridized carbons (Fsp3) is 0. The Morgan fingerprint density at radius 2 is 0.895 bits per heavy atom. The molecule has 0 amide bonds. The fourth-order valence-corrected chi connectivity index (χ4v) is 9.12. The van der Waals surface area contributed by atoms with Crippen molar-refractivity contribution in [3.05, 3.63) is 200 Å². The quantitative estimate of drug-likeness (QED) is 0.165. The van der Waals surface area contributed by atoms with E-state index in [0.29, 0.717) is 0 Å². The third kappa shape index (κ3) is 4.86. The van der Waals surface area contributed by atoms with Gasteiger partial charge in [0.15, 0.2) is 0 Å². The van der Waals surface area contributed by atoms with Crippen LogP contribution in [0.5, 0.6) is 0 Å². The van der Waals surface area contributed by atoms with E-state index in [9.17, 15) is 0 Å². The Morgan fingerprint density at radius 3 is 1.65 bits per heavy atom. The Bertz CT molecular complexity index is 3520. The maximum absolute atomic E-state index is 6.71. The molecule has 2 aromatic heterocycles. The molecule has 12 rings (SSSR count). The summed E-state index contributed by atoms with van der Waals surface area (Å²) >= 11 is 0. The molecule has 0 radical (unpaired) electrons. The number of nitrogens with zero attached hydrogens (tertiary/aromatic N) is 1. The van der Waals surface area contributed by atoms with Crippen LogP contribution in [-0.2, 0) is 0 Å². The molecule has 57 heavy (non-hydrogen) atoms. The van der Waals surface area contributed by atoms with E-state index in [2.05, 4.69) is 193 Å². The molecule has 3 nitrogen and oxygen atoms in total. The van der Waals surface area contributed by atoms with E-state index in [1.165, 1.54) is 38.2 Å². The molecule has 2 heterocycles. The van der Waals surface area contributed by atoms with E-state index < -0.39 is 0 Å². The Labute approximate surface area is 328 Å². The van der Waals surface area contributed by atoms with Gasteiger partial charge in [0.25, 0.3) is 0 Å². The number of hydrogen-bond acceptors (Lipinski definition) is 3. The molecule has 0 atom stereocenters. The van der Waals surface area contributed by atoms with Crippen molar-refractivity contribution in [2.45, 2.75) is 0 Å². The standard InChI is InChI=1S/C54H33NO2/c1-2-14-35(15-3-1)51-43-20-8-6-17-40(43)41-18-7-9-21-44(41)52(51)36-25-28-37(29-26-36)55(38-30-32-49-46(33-38)42-19-10-11-23-48(42)56-49)47-22-12-24-50-53(47)45-31-27-34-13-4-5-16-39(34)54(45)57-50/h1-33H. The van der Waals surface area contributed by atoms with Crippen LogP contribution < -0.4 is 4.90 Å². The van der Waals surface area contributed by atoms with Gasteiger partial charge in [0.1, 0.15) is 22.3 Å². The number of anilines is 3. The van der Waals surface area contributed by atoms with Crippen molar-refractivity contribution in [3.63, 3.8) is 0 Å². The van der Waals surface area contributed by atoms with E-state index >= 15 is 0 Å². The van der Waals surface area contributed by atoms with Crippen LogP contribution in [0.2, 0.25) is 0 Å². The molecule has 0 saturated carbocycles. The summed E-state index contributed by atoms with van der Waals surface area (Å²) in [6.07, 6.45) is 0. The largest absolute Gasteiger partial charge is 0.456 e. The number of hydrogen-bond donors (Lipinski definition) is 0. The third-order valence-corrected chi connectivity index (χ3v) is 11.6. The molecule has 0 N–H and O–H groups in total. The van der Waals surface area contributed by atoms with Crippen molar-refractivity contribution in [2.24, 2.45) is 0 Å². The zero-order valence-corrected chi connectivity index (χ0v) is 30.8. The highest BCUT2D eigenvalue weighted by molar-refractivity contribution is 6.22. The number of rotatable bonds is 5. The summed E-state index contributed by atoms with van der Waals surface area (Å²) in [5.74, 6) is 0. The topological polar surface area (TPSA) is 29.5 Å². The summed E-state index contributed by atoms with van der Waals surface area (Å²) < 4.78 is 13.0. The van der Waals surface area contributed by atoms with Crippen molar-refractivity contribution in [2.75, 3.05) is 4.90 Å². The lowest BCUT2D eigenvalue weighted by atomic mass is 9.85. The molecule has 12 aromatic rings. The highest BCUT2D eigenvalue weighted by atomic mass is 16.3. The van der Waals surface area contributed by atoms with Crippen molar-refractivity contribution in [1.29, 1.82) is 0 Å². The number of para-hydroxylation sites is 1. The SMILES string of the molecule is c1ccc(-c2c(-c3ccc(N(c4ccc5oc6ccccc6c5c4)c4cccc5oc6c7ccccc7ccc6c45)cc3)c3ccccc3c3ccccc23)cc1. The summed E-state index contributed by atoms with van der Waals surface area (Å²) in [5, 5.41) is 11.6. The average Bonchev–Trinajstić information content (AvgIpc) is 3.86. The predicted molar refractivity (Wildman–Crippen MR) is 239 cm³/mol. The molecule has 0 saturated heterocycles. The molecule has 0 spiro atoms. The highest BCUT2D eigenvalue weighted by Gasteiger charge is 2.23. The Kier molecular flexibility index (Phi) is 6.93. The minimum Gasteiger partial charge on any atom is -0.456 e. The average molecular weight is 728 g/mol. The molecular formula is C54H33NO2. The van der Waals surface area contributed by atoms with Crippen LogP contribution in [0.15, 0.2) is 209 Å². The van der Waals surface area contributed by atoms with Crippen LogP contribution >= 0.6 is 0 Å². The zero-order valence-electron chi connectivity index (χ0n) is 30.8. The van der Waals surface area contributed by atoms with Gasteiger partial charge in [0, 0.05) is 32.9 Å². The third-order valence-electron chi connectivity index (χ3n) is 11.6. The van der Waals surface area contributed by atoms with Crippen molar-refractivity contribution in [1.82, 2.24) is 0 Å². The Morgan fingerprint density at radius 1 is 0.316 bits per heavy atom. The normalized spacial score (nSPS) is 11.9. The molecular weight excluding hydrogens is 695 g/mol. The van der Waals surface area contributed by atoms with Gasteiger partial charge < -0.3 is 13.7 Å². The smallest absolute Gasteiger partial charge is 0.143 e. The van der Waals surface area contributed by atoms with E-state index in [-0.39, 0.29) is 0 Å². The van der Waals surface area contributed by atoms with Crippen molar-refractivity contribution in [3.8, 4) is 22.3 Å². The van der Waals surface area contributed by atoms with Gasteiger partial charge in [0.2, 0.25) is 0 Å². The molecule has 0 aliphatic rings. The molecule has 3 heteroatoms. The van der Waals surface area contributed by atoms with Crippen molar-refractivity contribution >= 4 is 93.3 Å². The fourth-order valence-electron chi connectivity index (χ4n) is 9.12. The monoisotopic (exact) mass is 727 g/mol. The van der Waals surface area contributed by atoms with Crippen LogP contribution in [0.4, 0.5) is 17.1 Å². The Hall–Kier alpha value is -7.62. The first-order valence-electron chi connectivity index (χ1n) is 19.4. The van der Waals surface area contributed by atoms with Crippen LogP contribution in [0, 0.1) is 0 Å². The second kappa shape index (κ2) is 12.5. The summed E-state index contributed by atoms with van der Waals surface area (Å²) in [6.45, 7) is 0. The van der Waals surface area contributed by atoms with Crippen molar-refractivity contribution < 1.29 is 8.83 Å². The summed E-state index contributed by atoms with van der Waals surface area (Å²) in [7, 11) is 0. The van der Waals surface area contributed by atoms with Gasteiger partial charge >= 0.3 is 0 Å². The van der Waals surface area contributed by atoms with E-state index in [1.807, 2.05) is 12.1 Å².